The van der Waals surface area contributed by atoms with E-state index in [1.54, 1.807) is 19.2 Å². The molecule has 0 bridgehead atoms. The van der Waals surface area contributed by atoms with Crippen LogP contribution in [0.4, 0.5) is 10.1 Å². The largest absolute Gasteiger partial charge is 0.481 e. The first-order valence-electron chi connectivity index (χ1n) is 5.87. The van der Waals surface area contributed by atoms with Crippen molar-refractivity contribution in [1.82, 2.24) is 0 Å². The molecular formula is C15H14FNO2. The molecule has 0 aliphatic rings. The Bertz CT molecular complexity index is 557. The minimum atomic E-state index is -0.474. The second kappa shape index (κ2) is 6.00. The highest BCUT2D eigenvalue weighted by atomic mass is 19.1. The number of hydrogen-bond donors (Lipinski definition) is 0. The Balaban J connectivity index is 1.97. The average molecular weight is 259 g/mol. The Morgan fingerprint density at radius 3 is 2.42 bits per heavy atom. The highest BCUT2D eigenvalue weighted by Gasteiger charge is 2.12. The van der Waals surface area contributed by atoms with Gasteiger partial charge in [-0.05, 0) is 24.3 Å². The van der Waals surface area contributed by atoms with E-state index in [0.29, 0.717) is 0 Å². The van der Waals surface area contributed by atoms with Gasteiger partial charge in [-0.1, -0.05) is 30.3 Å². The number of ether oxygens (including phenoxy) is 1. The molecule has 0 N–H and O–H groups in total. The summed E-state index contributed by atoms with van der Waals surface area (Å²) in [5.74, 6) is -0.635. The minimum Gasteiger partial charge on any atom is -0.481 e. The van der Waals surface area contributed by atoms with Gasteiger partial charge < -0.3 is 9.64 Å². The van der Waals surface area contributed by atoms with Crippen LogP contribution < -0.4 is 9.64 Å². The first-order valence-corrected chi connectivity index (χ1v) is 5.87. The van der Waals surface area contributed by atoms with Crippen molar-refractivity contribution in [3.63, 3.8) is 0 Å². The SMILES string of the molecule is CN(C(=O)COc1ccccc1F)c1ccccc1. The maximum Gasteiger partial charge on any atom is 0.264 e. The second-order valence-corrected chi connectivity index (χ2v) is 4.01. The lowest BCUT2D eigenvalue weighted by Gasteiger charge is -2.17. The van der Waals surface area contributed by atoms with Gasteiger partial charge in [0.2, 0.25) is 0 Å². The summed E-state index contributed by atoms with van der Waals surface area (Å²) in [5.41, 5.74) is 0.768. The molecule has 0 heterocycles. The number of para-hydroxylation sites is 2. The maximum absolute atomic E-state index is 13.3. The Labute approximate surface area is 111 Å². The molecular weight excluding hydrogens is 245 g/mol. The van der Waals surface area contributed by atoms with Crippen molar-refractivity contribution in [2.75, 3.05) is 18.6 Å². The van der Waals surface area contributed by atoms with Crippen molar-refractivity contribution in [3.05, 3.63) is 60.4 Å². The van der Waals surface area contributed by atoms with E-state index in [1.807, 2.05) is 30.3 Å². The van der Waals surface area contributed by atoms with E-state index in [4.69, 9.17) is 4.74 Å². The molecule has 0 saturated heterocycles. The van der Waals surface area contributed by atoms with Gasteiger partial charge >= 0.3 is 0 Å². The summed E-state index contributed by atoms with van der Waals surface area (Å²) in [7, 11) is 1.66. The monoisotopic (exact) mass is 259 g/mol. The molecule has 0 saturated carbocycles. The lowest BCUT2D eigenvalue weighted by Crippen LogP contribution is -2.31. The predicted octanol–water partition coefficient (Wildman–Crippen LogP) is 2.87. The van der Waals surface area contributed by atoms with Gasteiger partial charge in [0.15, 0.2) is 18.2 Å². The van der Waals surface area contributed by atoms with E-state index >= 15 is 0 Å². The van der Waals surface area contributed by atoms with E-state index in [2.05, 4.69) is 0 Å². The zero-order valence-electron chi connectivity index (χ0n) is 10.5. The Hall–Kier alpha value is -2.36. The molecule has 0 unspecified atom stereocenters. The predicted molar refractivity (Wildman–Crippen MR) is 71.7 cm³/mol. The molecule has 0 spiro atoms. The van der Waals surface area contributed by atoms with Crippen molar-refractivity contribution in [2.24, 2.45) is 0 Å². The number of rotatable bonds is 4. The number of nitrogens with zero attached hydrogens (tertiary/aromatic N) is 1. The van der Waals surface area contributed by atoms with Crippen LogP contribution in [0.5, 0.6) is 5.75 Å². The van der Waals surface area contributed by atoms with Gasteiger partial charge in [-0.2, -0.15) is 0 Å². The summed E-state index contributed by atoms with van der Waals surface area (Å²) in [6, 6.07) is 15.2. The molecule has 2 aromatic carbocycles. The van der Waals surface area contributed by atoms with E-state index in [0.717, 1.165) is 5.69 Å². The Kier molecular flexibility index (Phi) is 4.13. The summed E-state index contributed by atoms with van der Waals surface area (Å²) in [6.45, 7) is -0.202. The van der Waals surface area contributed by atoms with Crippen LogP contribution >= 0.6 is 0 Å². The van der Waals surface area contributed by atoms with E-state index in [1.165, 1.54) is 17.0 Å². The standard InChI is InChI=1S/C15H14FNO2/c1-17(12-7-3-2-4-8-12)15(18)11-19-14-10-6-5-9-13(14)16/h2-10H,11H2,1H3. The van der Waals surface area contributed by atoms with Crippen LogP contribution in [-0.4, -0.2) is 19.6 Å². The summed E-state index contributed by atoms with van der Waals surface area (Å²) >= 11 is 0. The minimum absolute atomic E-state index is 0.0808. The third-order valence-electron chi connectivity index (χ3n) is 2.71. The van der Waals surface area contributed by atoms with Gasteiger partial charge in [-0.25, -0.2) is 4.39 Å². The number of likely N-dealkylation sites (N-methyl/N-ethyl adjacent to an activating group) is 1. The fourth-order valence-electron chi connectivity index (χ4n) is 1.59. The second-order valence-electron chi connectivity index (χ2n) is 4.01. The highest BCUT2D eigenvalue weighted by Crippen LogP contribution is 2.16. The fourth-order valence-corrected chi connectivity index (χ4v) is 1.59. The molecule has 1 amide bonds. The zero-order chi connectivity index (χ0) is 13.7. The fraction of sp³-hybridized carbons (Fsp3) is 0.133. The van der Waals surface area contributed by atoms with Crippen molar-refractivity contribution in [1.29, 1.82) is 0 Å². The first kappa shape index (κ1) is 13.1. The Morgan fingerprint density at radius 1 is 1.11 bits per heavy atom. The molecule has 19 heavy (non-hydrogen) atoms. The number of anilines is 1. The van der Waals surface area contributed by atoms with Crippen LogP contribution in [0.2, 0.25) is 0 Å². The summed E-state index contributed by atoms with van der Waals surface area (Å²) in [6.07, 6.45) is 0. The highest BCUT2D eigenvalue weighted by molar-refractivity contribution is 5.93. The molecule has 2 aromatic rings. The van der Waals surface area contributed by atoms with Gasteiger partial charge in [-0.15, -0.1) is 0 Å². The molecule has 0 aliphatic carbocycles. The van der Waals surface area contributed by atoms with Crippen LogP contribution in [0.3, 0.4) is 0 Å². The lowest BCUT2D eigenvalue weighted by atomic mass is 10.3. The van der Waals surface area contributed by atoms with Gasteiger partial charge in [0.25, 0.3) is 5.91 Å². The van der Waals surface area contributed by atoms with Crippen LogP contribution in [0.1, 0.15) is 0 Å². The topological polar surface area (TPSA) is 29.5 Å². The van der Waals surface area contributed by atoms with Crippen molar-refractivity contribution >= 4 is 11.6 Å². The molecule has 98 valence electrons. The average Bonchev–Trinajstić information content (AvgIpc) is 2.46. The smallest absolute Gasteiger partial charge is 0.264 e. The quantitative estimate of drug-likeness (QED) is 0.845. The first-order chi connectivity index (χ1) is 9.18. The molecule has 0 fully saturated rings. The zero-order valence-corrected chi connectivity index (χ0v) is 10.5. The van der Waals surface area contributed by atoms with Crippen LogP contribution in [0, 0.1) is 5.82 Å². The van der Waals surface area contributed by atoms with Crippen molar-refractivity contribution < 1.29 is 13.9 Å². The van der Waals surface area contributed by atoms with Gasteiger partial charge in [0.1, 0.15) is 0 Å². The number of carbonyl (C=O) groups excluding carboxylic acids is 1. The van der Waals surface area contributed by atoms with Crippen LogP contribution in [0.25, 0.3) is 0 Å². The molecule has 0 radical (unpaired) electrons. The summed E-state index contributed by atoms with van der Waals surface area (Å²) in [5, 5.41) is 0. The normalized spacial score (nSPS) is 10.0. The third kappa shape index (κ3) is 3.31. The molecule has 0 aromatic heterocycles. The van der Waals surface area contributed by atoms with Crippen LogP contribution in [-0.2, 0) is 4.79 Å². The molecule has 2 rings (SSSR count). The number of hydrogen-bond acceptors (Lipinski definition) is 2. The lowest BCUT2D eigenvalue weighted by molar-refractivity contribution is -0.120. The van der Waals surface area contributed by atoms with Gasteiger partial charge in [-0.3, -0.25) is 4.79 Å². The van der Waals surface area contributed by atoms with E-state index in [9.17, 15) is 9.18 Å². The summed E-state index contributed by atoms with van der Waals surface area (Å²) < 4.78 is 18.5. The number of halogens is 1. The molecule has 0 aliphatic heterocycles. The van der Waals surface area contributed by atoms with E-state index < -0.39 is 5.82 Å². The molecule has 3 nitrogen and oxygen atoms in total. The van der Waals surface area contributed by atoms with E-state index in [-0.39, 0.29) is 18.3 Å². The van der Waals surface area contributed by atoms with Crippen LogP contribution in [0.15, 0.2) is 54.6 Å². The number of benzene rings is 2. The number of amides is 1. The van der Waals surface area contributed by atoms with Gasteiger partial charge in [0, 0.05) is 12.7 Å². The number of carbonyl (C=O) groups is 1. The van der Waals surface area contributed by atoms with Crippen molar-refractivity contribution in [3.8, 4) is 5.75 Å². The van der Waals surface area contributed by atoms with Gasteiger partial charge in [0.05, 0.1) is 0 Å². The maximum atomic E-state index is 13.3. The molecule has 4 heteroatoms. The van der Waals surface area contributed by atoms with Crippen molar-refractivity contribution in [2.45, 2.75) is 0 Å². The Morgan fingerprint density at radius 2 is 1.74 bits per heavy atom. The third-order valence-corrected chi connectivity index (χ3v) is 2.71. The molecule has 0 atom stereocenters. The summed E-state index contributed by atoms with van der Waals surface area (Å²) in [4.78, 5) is 13.4.